The van der Waals surface area contributed by atoms with Gasteiger partial charge in [0.05, 0.1) is 6.61 Å². The molecule has 4 nitrogen and oxygen atoms in total. The van der Waals surface area contributed by atoms with Gasteiger partial charge >= 0.3 is 24.8 Å². The molecule has 1 aromatic rings. The molecule has 0 amide bonds. The number of rotatable bonds is 4. The van der Waals surface area contributed by atoms with E-state index in [1.807, 2.05) is 0 Å². The first-order chi connectivity index (χ1) is 8.04. The summed E-state index contributed by atoms with van der Waals surface area (Å²) in [6.45, 7) is 1.66. The van der Waals surface area contributed by atoms with Gasteiger partial charge in [-0.1, -0.05) is 29.5 Å². The van der Waals surface area contributed by atoms with Crippen LogP contribution in [0.3, 0.4) is 0 Å². The summed E-state index contributed by atoms with van der Waals surface area (Å²) in [7, 11) is 0. The second-order valence-electron chi connectivity index (χ2n) is 3.10. The van der Waals surface area contributed by atoms with Crippen LogP contribution in [0.4, 0.5) is 0 Å². The zero-order chi connectivity index (χ0) is 12.8. The first kappa shape index (κ1) is 16.8. The van der Waals surface area contributed by atoms with E-state index in [1.54, 1.807) is 19.1 Å². The van der Waals surface area contributed by atoms with Crippen molar-refractivity contribution in [3.63, 3.8) is 0 Å². The van der Waals surface area contributed by atoms with Gasteiger partial charge in [0, 0.05) is 5.02 Å². The van der Waals surface area contributed by atoms with Crippen molar-refractivity contribution in [1.29, 1.82) is 0 Å². The molecule has 0 aliphatic carbocycles. The number of hydrogen-bond acceptors (Lipinski definition) is 4. The summed E-state index contributed by atoms with van der Waals surface area (Å²) in [6.07, 6.45) is 0.698. The molecule has 0 radical (unpaired) electrons. The minimum Gasteiger partial charge on any atom is -0.872 e. The van der Waals surface area contributed by atoms with Gasteiger partial charge in [-0.15, -0.1) is 0 Å². The molecule has 0 heterocycles. The van der Waals surface area contributed by atoms with Crippen LogP contribution in [0.5, 0.6) is 0 Å². The van der Waals surface area contributed by atoms with Crippen molar-refractivity contribution in [2.45, 2.75) is 6.92 Å². The molecule has 0 fully saturated rings. The topological polar surface area (TPSA) is 66.4 Å². The minimum atomic E-state index is -1.04. The van der Waals surface area contributed by atoms with E-state index in [9.17, 15) is 14.7 Å². The maximum absolute atomic E-state index is 11.6. The largest absolute Gasteiger partial charge is 1.00 e. The Morgan fingerprint density at radius 3 is 2.67 bits per heavy atom. The number of carbonyl (C=O) groups excluding carboxylic acids is 2. The Kier molecular flexibility index (Phi) is 7.45. The van der Waals surface area contributed by atoms with Gasteiger partial charge in [0.1, 0.15) is 0 Å². The second-order valence-corrected chi connectivity index (χ2v) is 3.54. The zero-order valence-corrected chi connectivity index (χ0v) is 10.9. The Balaban J connectivity index is 0.00000289. The third-order valence-corrected chi connectivity index (χ3v) is 2.08. The molecule has 0 saturated carbocycles. The number of esters is 1. The van der Waals surface area contributed by atoms with Crippen LogP contribution in [-0.2, 0) is 14.3 Å². The Morgan fingerprint density at radius 1 is 1.44 bits per heavy atom. The predicted molar refractivity (Wildman–Crippen MR) is 61.1 cm³/mol. The van der Waals surface area contributed by atoms with E-state index >= 15 is 0 Å². The summed E-state index contributed by atoms with van der Waals surface area (Å²) in [4.78, 5) is 22.2. The summed E-state index contributed by atoms with van der Waals surface area (Å²) in [5.41, 5.74) is 0.246. The first-order valence-corrected chi connectivity index (χ1v) is 5.28. The van der Waals surface area contributed by atoms with Crippen molar-refractivity contribution in [2.24, 2.45) is 0 Å². The molecule has 0 atom stereocenters. The molecule has 1 rings (SSSR count). The smallest absolute Gasteiger partial charge is 0.872 e. The van der Waals surface area contributed by atoms with Gasteiger partial charge in [-0.2, -0.15) is 0 Å². The fourth-order valence-corrected chi connectivity index (χ4v) is 1.30. The standard InChI is InChI=1S/C12H11ClO4.Li/c1-2-17-12(16)11(15)7-10(14)8-4-3-5-9(13)6-8;/h3-7,14H,2H2,1H3;/q;+1/p-1/b10-7-;. The van der Waals surface area contributed by atoms with Gasteiger partial charge in [0.25, 0.3) is 5.78 Å². The van der Waals surface area contributed by atoms with Gasteiger partial charge in [-0.3, -0.25) is 4.79 Å². The molecule has 0 saturated heterocycles. The zero-order valence-electron chi connectivity index (χ0n) is 10.1. The molecule has 90 valence electrons. The van der Waals surface area contributed by atoms with E-state index < -0.39 is 17.5 Å². The number of benzene rings is 1. The Labute approximate surface area is 122 Å². The van der Waals surface area contributed by atoms with Crippen LogP contribution in [0.25, 0.3) is 5.76 Å². The average Bonchev–Trinajstić information content (AvgIpc) is 2.29. The molecule has 6 heteroatoms. The van der Waals surface area contributed by atoms with Gasteiger partial charge in [-0.25, -0.2) is 4.79 Å². The molecular weight excluding hydrogens is 251 g/mol. The van der Waals surface area contributed by atoms with Crippen LogP contribution in [0.1, 0.15) is 12.5 Å². The Hall–Kier alpha value is -1.21. The van der Waals surface area contributed by atoms with E-state index in [-0.39, 0.29) is 31.0 Å². The Bertz CT molecular complexity index is 471. The van der Waals surface area contributed by atoms with Gasteiger partial charge in [0.15, 0.2) is 0 Å². The molecule has 0 aliphatic rings. The Morgan fingerprint density at radius 2 is 2.11 bits per heavy atom. The number of ketones is 1. The van der Waals surface area contributed by atoms with Crippen LogP contribution >= 0.6 is 11.6 Å². The normalized spacial score (nSPS) is 10.4. The molecule has 0 unspecified atom stereocenters. The maximum Gasteiger partial charge on any atom is 1.00 e. The van der Waals surface area contributed by atoms with Crippen LogP contribution in [-0.4, -0.2) is 18.4 Å². The maximum atomic E-state index is 11.6. The third kappa shape index (κ3) is 4.97. The van der Waals surface area contributed by atoms with Crippen LogP contribution in [0, 0.1) is 0 Å². The van der Waals surface area contributed by atoms with Crippen molar-refractivity contribution in [1.82, 2.24) is 0 Å². The quantitative estimate of drug-likeness (QED) is 0.210. The number of halogens is 1. The van der Waals surface area contributed by atoms with Gasteiger partial charge < -0.3 is 9.84 Å². The summed E-state index contributed by atoms with van der Waals surface area (Å²) in [5.74, 6) is -2.59. The molecule has 18 heavy (non-hydrogen) atoms. The van der Waals surface area contributed by atoms with Crippen LogP contribution in [0.15, 0.2) is 30.3 Å². The molecule has 0 spiro atoms. The van der Waals surface area contributed by atoms with E-state index in [2.05, 4.69) is 4.74 Å². The minimum absolute atomic E-state index is 0. The molecule has 0 bridgehead atoms. The fourth-order valence-electron chi connectivity index (χ4n) is 1.11. The summed E-state index contributed by atoms with van der Waals surface area (Å²) in [5, 5.41) is 12.0. The summed E-state index contributed by atoms with van der Waals surface area (Å²) < 4.78 is 4.47. The van der Waals surface area contributed by atoms with Crippen molar-refractivity contribution in [2.75, 3.05) is 6.61 Å². The van der Waals surface area contributed by atoms with Crippen LogP contribution in [0.2, 0.25) is 5.02 Å². The second kappa shape index (κ2) is 7.99. The van der Waals surface area contributed by atoms with E-state index in [0.717, 1.165) is 0 Å². The average molecular weight is 261 g/mol. The van der Waals surface area contributed by atoms with Crippen molar-refractivity contribution in [3.8, 4) is 0 Å². The third-order valence-electron chi connectivity index (χ3n) is 1.85. The molecule has 1 aromatic carbocycles. The van der Waals surface area contributed by atoms with Gasteiger partial charge in [0.2, 0.25) is 0 Å². The van der Waals surface area contributed by atoms with Crippen molar-refractivity contribution < 1.29 is 38.3 Å². The number of ether oxygens (including phenoxy) is 1. The van der Waals surface area contributed by atoms with Crippen molar-refractivity contribution in [3.05, 3.63) is 40.9 Å². The van der Waals surface area contributed by atoms with Crippen LogP contribution < -0.4 is 24.0 Å². The molecule has 0 aromatic heterocycles. The summed E-state index contributed by atoms with van der Waals surface area (Å²) >= 11 is 5.70. The van der Waals surface area contributed by atoms with E-state index in [4.69, 9.17) is 11.6 Å². The number of hydrogen-bond donors (Lipinski definition) is 0. The first-order valence-electron chi connectivity index (χ1n) is 4.90. The van der Waals surface area contributed by atoms with Crippen molar-refractivity contribution >= 4 is 29.1 Å². The van der Waals surface area contributed by atoms with E-state index in [1.165, 1.54) is 12.1 Å². The SMILES string of the molecule is CCOC(=O)C(=O)/C=C(\[O-])c1cccc(Cl)c1.[Li+]. The monoisotopic (exact) mass is 260 g/mol. The summed E-state index contributed by atoms with van der Waals surface area (Å²) in [6, 6.07) is 6.10. The van der Waals surface area contributed by atoms with E-state index in [0.29, 0.717) is 11.1 Å². The molecular formula is C12H10ClLiO4. The predicted octanol–water partition coefficient (Wildman–Crippen LogP) is -1.82. The fraction of sp³-hybridized carbons (Fsp3) is 0.167. The molecule has 0 N–H and O–H groups in total. The molecule has 0 aliphatic heterocycles. The van der Waals surface area contributed by atoms with Gasteiger partial charge in [-0.05, 0) is 30.7 Å². The number of carbonyl (C=O) groups is 2.